The van der Waals surface area contributed by atoms with Crippen molar-refractivity contribution in [2.75, 3.05) is 14.2 Å². The minimum atomic E-state index is -2.04. The molecular weight excluding hydrogens is 577 g/mol. The molecule has 0 aliphatic carbocycles. The molecule has 0 unspecified atom stereocenters. The van der Waals surface area contributed by atoms with Crippen LogP contribution in [0.5, 0.6) is 0 Å². The molecule has 0 bridgehead atoms. The average Bonchev–Trinajstić information content (AvgIpc) is 2.72. The summed E-state index contributed by atoms with van der Waals surface area (Å²) >= 11 is 0. The molecule has 0 saturated heterocycles. The van der Waals surface area contributed by atoms with Gasteiger partial charge in [0.25, 0.3) is 0 Å². The fourth-order valence-electron chi connectivity index (χ4n) is 5.17. The second-order valence-corrected chi connectivity index (χ2v) is 45.2. The van der Waals surface area contributed by atoms with Crippen LogP contribution in [0.25, 0.3) is 0 Å². The Morgan fingerprint density at radius 2 is 0.622 bits per heavy atom. The smallest absolute Gasteiger partial charge is 0.334 e. The van der Waals surface area contributed by atoms with Gasteiger partial charge in [-0.05, 0) is 127 Å². The first-order valence-electron chi connectivity index (χ1n) is 14.6. The van der Waals surface area contributed by atoms with Gasteiger partial charge in [-0.3, -0.25) is 0 Å². The van der Waals surface area contributed by atoms with Crippen molar-refractivity contribution in [1.82, 2.24) is 0 Å². The van der Waals surface area contributed by atoms with E-state index in [1.807, 2.05) is 0 Å². The number of unbranched alkanes of at least 4 members (excludes halogenated alkanes) is 1. The van der Waals surface area contributed by atoms with E-state index in [4.69, 9.17) is 21.2 Å². The van der Waals surface area contributed by atoms with E-state index in [9.17, 15) is 0 Å². The lowest BCUT2D eigenvalue weighted by atomic mass is 10.4. The predicted octanol–water partition coefficient (Wildman–Crippen LogP) is 9.43. The Bertz CT molecular complexity index is 666. The highest BCUT2D eigenvalue weighted by atomic mass is 28.4. The summed E-state index contributed by atoms with van der Waals surface area (Å²) in [4.78, 5) is 0. The van der Waals surface area contributed by atoms with Crippen molar-refractivity contribution in [3.8, 4) is 0 Å². The highest BCUT2D eigenvalue weighted by Crippen LogP contribution is 2.33. The van der Waals surface area contributed by atoms with E-state index >= 15 is 0 Å². The van der Waals surface area contributed by atoms with E-state index in [1.165, 1.54) is 43.1 Å². The Balaban J connectivity index is 4.92. The second-order valence-electron chi connectivity index (χ2n) is 15.0. The molecule has 224 valence electrons. The summed E-state index contributed by atoms with van der Waals surface area (Å²) < 4.78 is 32.3. The SMILES string of the molecule is CCCC[Si](C)(C)O[Si](C)(C)CC[Si](C)(C)O[Si](C)(C)CC[Si](C)(C)O[Si](C)(C)CC[Si](C)(OC)OC. The number of rotatable bonds is 20. The summed E-state index contributed by atoms with van der Waals surface area (Å²) in [6.45, 7) is 33.4. The molecule has 0 radical (unpaired) electrons. The van der Waals surface area contributed by atoms with Crippen LogP contribution in [-0.4, -0.2) is 72.7 Å². The van der Waals surface area contributed by atoms with Gasteiger partial charge in [0.1, 0.15) is 0 Å². The normalized spacial score (nSPS) is 14.9. The van der Waals surface area contributed by atoms with Crippen LogP contribution in [0.2, 0.25) is 127 Å². The quantitative estimate of drug-likeness (QED) is 0.124. The van der Waals surface area contributed by atoms with E-state index in [-0.39, 0.29) is 0 Å². The summed E-state index contributed by atoms with van der Waals surface area (Å²) in [6.07, 6.45) is 2.57. The van der Waals surface area contributed by atoms with Crippen molar-refractivity contribution in [2.24, 2.45) is 0 Å². The molecule has 0 heterocycles. The molecule has 0 rings (SSSR count). The molecule has 0 saturated carbocycles. The van der Waals surface area contributed by atoms with Crippen LogP contribution in [0.4, 0.5) is 0 Å². The second kappa shape index (κ2) is 15.0. The van der Waals surface area contributed by atoms with Crippen LogP contribution in [-0.2, 0) is 21.2 Å². The fraction of sp³-hybridized carbons (Fsp3) is 1.00. The lowest BCUT2D eigenvalue weighted by Crippen LogP contribution is -2.50. The number of hydrogen-bond donors (Lipinski definition) is 0. The van der Waals surface area contributed by atoms with Crippen LogP contribution < -0.4 is 0 Å². The molecule has 0 aliphatic heterocycles. The zero-order valence-corrected chi connectivity index (χ0v) is 34.9. The standard InChI is InChI=1S/C25H66O5Si7/c1-17-18-19-31(4,5)28-32(6,7)20-21-33(8,9)29-34(10,11)22-23-35(12,13)30-36(14,15)24-25-37(16,26-2)27-3/h17-25H2,1-16H3. The van der Waals surface area contributed by atoms with Crippen LogP contribution in [0, 0.1) is 0 Å². The molecule has 12 heteroatoms. The number of hydrogen-bond acceptors (Lipinski definition) is 5. The Morgan fingerprint density at radius 3 is 0.865 bits per heavy atom. The van der Waals surface area contributed by atoms with Crippen molar-refractivity contribution >= 4 is 58.5 Å². The molecule has 0 spiro atoms. The van der Waals surface area contributed by atoms with E-state index in [1.54, 1.807) is 14.2 Å². The van der Waals surface area contributed by atoms with Gasteiger partial charge in [-0.15, -0.1) is 0 Å². The van der Waals surface area contributed by atoms with Gasteiger partial charge in [0, 0.05) is 14.2 Å². The Hall–Kier alpha value is 1.32. The van der Waals surface area contributed by atoms with Crippen molar-refractivity contribution in [3.63, 3.8) is 0 Å². The first-order chi connectivity index (χ1) is 16.4. The van der Waals surface area contributed by atoms with Gasteiger partial charge in [0.05, 0.1) is 0 Å². The van der Waals surface area contributed by atoms with Crippen molar-refractivity contribution in [2.45, 2.75) is 147 Å². The lowest BCUT2D eigenvalue weighted by molar-refractivity contribution is 0.250. The predicted molar refractivity (Wildman–Crippen MR) is 182 cm³/mol. The third kappa shape index (κ3) is 17.7. The van der Waals surface area contributed by atoms with Gasteiger partial charge in [-0.25, -0.2) is 0 Å². The summed E-state index contributed by atoms with van der Waals surface area (Å²) in [5.41, 5.74) is 0. The fourth-order valence-corrected chi connectivity index (χ4v) is 41.2. The topological polar surface area (TPSA) is 46.2 Å². The maximum Gasteiger partial charge on any atom is 0.334 e. The third-order valence-electron chi connectivity index (χ3n) is 7.49. The first kappa shape index (κ1) is 38.3. The summed E-state index contributed by atoms with van der Waals surface area (Å²) in [6, 6.07) is 8.24. The van der Waals surface area contributed by atoms with Gasteiger partial charge in [0.15, 0.2) is 49.9 Å². The minimum Gasteiger partial charge on any atom is -0.456 e. The van der Waals surface area contributed by atoms with Crippen molar-refractivity contribution in [3.05, 3.63) is 0 Å². The molecule has 0 amide bonds. The van der Waals surface area contributed by atoms with Gasteiger partial charge in [-0.1, -0.05) is 19.8 Å². The molecule has 0 atom stereocenters. The highest BCUT2D eigenvalue weighted by molar-refractivity contribution is 6.89. The van der Waals surface area contributed by atoms with Gasteiger partial charge in [-0.2, -0.15) is 0 Å². The molecule has 0 fully saturated rings. The zero-order chi connectivity index (χ0) is 29.4. The summed E-state index contributed by atoms with van der Waals surface area (Å²) in [7, 11) is -8.74. The van der Waals surface area contributed by atoms with Crippen LogP contribution >= 0.6 is 0 Å². The van der Waals surface area contributed by atoms with E-state index in [2.05, 4.69) is 92.0 Å². The Kier molecular flexibility index (Phi) is 15.5. The van der Waals surface area contributed by atoms with Gasteiger partial charge >= 0.3 is 8.56 Å². The first-order valence-corrected chi connectivity index (χ1v) is 35.8. The van der Waals surface area contributed by atoms with Crippen LogP contribution in [0.1, 0.15) is 19.8 Å². The summed E-state index contributed by atoms with van der Waals surface area (Å²) in [5, 5.41) is 0. The maximum atomic E-state index is 7.07. The molecule has 0 N–H and O–H groups in total. The van der Waals surface area contributed by atoms with E-state index < -0.39 is 58.5 Å². The average molecular weight is 643 g/mol. The zero-order valence-electron chi connectivity index (χ0n) is 27.9. The largest absolute Gasteiger partial charge is 0.456 e. The Morgan fingerprint density at radius 1 is 0.378 bits per heavy atom. The molecule has 37 heavy (non-hydrogen) atoms. The van der Waals surface area contributed by atoms with Crippen LogP contribution in [0.3, 0.4) is 0 Å². The van der Waals surface area contributed by atoms with Gasteiger partial charge < -0.3 is 21.2 Å². The van der Waals surface area contributed by atoms with Gasteiger partial charge in [0.2, 0.25) is 0 Å². The van der Waals surface area contributed by atoms with Crippen LogP contribution in [0.15, 0.2) is 0 Å². The Labute approximate surface area is 240 Å². The minimum absolute atomic E-state index is 1.01. The third-order valence-corrected chi connectivity index (χ3v) is 34.0. The molecule has 0 aliphatic rings. The molecular formula is C25H66O5Si7. The molecule has 0 aromatic carbocycles. The van der Waals surface area contributed by atoms with Crippen molar-refractivity contribution in [1.29, 1.82) is 0 Å². The van der Waals surface area contributed by atoms with E-state index in [0.29, 0.717) is 0 Å². The molecule has 5 nitrogen and oxygen atoms in total. The monoisotopic (exact) mass is 642 g/mol. The lowest BCUT2D eigenvalue weighted by Gasteiger charge is -2.40. The highest BCUT2D eigenvalue weighted by Gasteiger charge is 2.41. The molecule has 0 aromatic heterocycles. The summed E-state index contributed by atoms with van der Waals surface area (Å²) in [5.74, 6) is 0. The maximum absolute atomic E-state index is 7.07. The van der Waals surface area contributed by atoms with Crippen molar-refractivity contribution < 1.29 is 21.2 Å². The molecule has 0 aromatic rings. The van der Waals surface area contributed by atoms with E-state index in [0.717, 1.165) is 12.1 Å².